The van der Waals surface area contributed by atoms with E-state index >= 15 is 0 Å². The van der Waals surface area contributed by atoms with Crippen LogP contribution in [0.15, 0.2) is 35.5 Å². The monoisotopic (exact) mass is 319 g/mol. The molecule has 0 saturated heterocycles. The maximum absolute atomic E-state index is 12.5. The molecular formula is C16H21N3O2S. The van der Waals surface area contributed by atoms with Crippen LogP contribution in [0.2, 0.25) is 0 Å². The Hall–Kier alpha value is -2.08. The van der Waals surface area contributed by atoms with Gasteiger partial charge in [-0.25, -0.2) is 0 Å². The van der Waals surface area contributed by atoms with Crippen molar-refractivity contribution >= 4 is 23.2 Å². The Morgan fingerprint density at radius 3 is 2.50 bits per heavy atom. The fourth-order valence-corrected chi connectivity index (χ4v) is 2.66. The zero-order valence-electron chi connectivity index (χ0n) is 13.3. The summed E-state index contributed by atoms with van der Waals surface area (Å²) in [7, 11) is 3.48. The average Bonchev–Trinajstić information content (AvgIpc) is 2.47. The lowest BCUT2D eigenvalue weighted by Crippen LogP contribution is -2.46. The number of allylic oxidation sites excluding steroid dienone is 1. The van der Waals surface area contributed by atoms with Crippen LogP contribution >= 0.6 is 12.2 Å². The van der Waals surface area contributed by atoms with Gasteiger partial charge >= 0.3 is 0 Å². The van der Waals surface area contributed by atoms with Gasteiger partial charge in [-0.3, -0.25) is 4.79 Å². The first-order valence-corrected chi connectivity index (χ1v) is 7.57. The van der Waals surface area contributed by atoms with E-state index in [1.807, 2.05) is 38.1 Å². The lowest BCUT2D eigenvalue weighted by molar-refractivity contribution is -0.125. The van der Waals surface area contributed by atoms with E-state index < -0.39 is 0 Å². The van der Waals surface area contributed by atoms with Crippen LogP contribution in [-0.4, -0.2) is 36.6 Å². The van der Waals surface area contributed by atoms with Gasteiger partial charge in [-0.15, -0.1) is 0 Å². The van der Waals surface area contributed by atoms with E-state index in [9.17, 15) is 4.79 Å². The van der Waals surface area contributed by atoms with Crippen molar-refractivity contribution in [2.24, 2.45) is 0 Å². The Balaban J connectivity index is 2.39. The smallest absolute Gasteiger partial charge is 0.253 e. The summed E-state index contributed by atoms with van der Waals surface area (Å²) in [6.45, 7) is 4.44. The quantitative estimate of drug-likeness (QED) is 0.831. The third-order valence-corrected chi connectivity index (χ3v) is 3.65. The van der Waals surface area contributed by atoms with Crippen LogP contribution in [0, 0.1) is 0 Å². The molecule has 0 bridgehead atoms. The number of hydrogen-bond acceptors (Lipinski definition) is 3. The minimum absolute atomic E-state index is 0.0427. The van der Waals surface area contributed by atoms with Crippen molar-refractivity contribution in [3.8, 4) is 5.75 Å². The lowest BCUT2D eigenvalue weighted by atomic mass is 9.94. The number of rotatable bonds is 4. The number of thiocarbonyl (C=S) groups is 1. The van der Waals surface area contributed by atoms with Crippen LogP contribution in [0.25, 0.3) is 0 Å². The van der Waals surface area contributed by atoms with Gasteiger partial charge in [0.1, 0.15) is 5.75 Å². The first-order chi connectivity index (χ1) is 10.4. The molecular weight excluding hydrogens is 298 g/mol. The van der Waals surface area contributed by atoms with Gasteiger partial charge in [-0.2, -0.15) is 0 Å². The van der Waals surface area contributed by atoms with Crippen LogP contribution in [0.3, 0.4) is 0 Å². The molecule has 0 radical (unpaired) electrons. The number of hydrogen-bond donors (Lipinski definition) is 2. The van der Waals surface area contributed by atoms with Gasteiger partial charge in [0.25, 0.3) is 5.91 Å². The fraction of sp³-hybridized carbons (Fsp3) is 0.375. The van der Waals surface area contributed by atoms with E-state index in [-0.39, 0.29) is 11.9 Å². The molecule has 1 aromatic carbocycles. The molecule has 1 aliphatic rings. The molecule has 0 aliphatic carbocycles. The highest BCUT2D eigenvalue weighted by Gasteiger charge is 2.30. The number of benzene rings is 1. The molecule has 1 unspecified atom stereocenters. The van der Waals surface area contributed by atoms with E-state index in [0.717, 1.165) is 17.0 Å². The summed E-state index contributed by atoms with van der Waals surface area (Å²) in [5.41, 5.74) is 2.42. The van der Waals surface area contributed by atoms with E-state index in [1.54, 1.807) is 19.0 Å². The van der Waals surface area contributed by atoms with Crippen LogP contribution < -0.4 is 15.4 Å². The molecule has 1 aromatic rings. The first kappa shape index (κ1) is 16.3. The Labute approximate surface area is 136 Å². The summed E-state index contributed by atoms with van der Waals surface area (Å²) in [4.78, 5) is 14.1. The Morgan fingerprint density at radius 1 is 1.32 bits per heavy atom. The molecule has 6 heteroatoms. The molecule has 22 heavy (non-hydrogen) atoms. The molecule has 1 heterocycles. The van der Waals surface area contributed by atoms with Gasteiger partial charge in [-0.1, -0.05) is 12.1 Å². The first-order valence-electron chi connectivity index (χ1n) is 7.16. The maximum atomic E-state index is 12.5. The van der Waals surface area contributed by atoms with E-state index in [4.69, 9.17) is 17.0 Å². The second-order valence-electron chi connectivity index (χ2n) is 5.27. The van der Waals surface area contributed by atoms with Gasteiger partial charge in [-0.05, 0) is 43.8 Å². The summed E-state index contributed by atoms with van der Waals surface area (Å²) in [6.07, 6.45) is 0. The third kappa shape index (κ3) is 3.39. The number of ether oxygens (including phenoxy) is 1. The summed E-state index contributed by atoms with van der Waals surface area (Å²) in [6, 6.07) is 7.44. The summed E-state index contributed by atoms with van der Waals surface area (Å²) >= 11 is 5.23. The van der Waals surface area contributed by atoms with Gasteiger partial charge in [0, 0.05) is 19.8 Å². The molecule has 1 aliphatic heterocycles. The fourth-order valence-electron chi connectivity index (χ4n) is 2.39. The highest BCUT2D eigenvalue weighted by molar-refractivity contribution is 7.80. The zero-order chi connectivity index (χ0) is 16.3. The second-order valence-corrected chi connectivity index (χ2v) is 5.68. The number of amides is 1. The average molecular weight is 319 g/mol. The predicted octanol–water partition coefficient (Wildman–Crippen LogP) is 1.97. The Kier molecular flexibility index (Phi) is 5.03. The van der Waals surface area contributed by atoms with Crippen LogP contribution in [0.4, 0.5) is 0 Å². The van der Waals surface area contributed by atoms with Gasteiger partial charge in [0.2, 0.25) is 0 Å². The van der Waals surface area contributed by atoms with Crippen molar-refractivity contribution in [2.75, 3.05) is 20.7 Å². The maximum Gasteiger partial charge on any atom is 0.253 e. The standard InChI is InChI=1S/C16H21N3O2S/c1-5-21-12-8-6-11(7-9-12)14-13(15(20)19(3)4)10(2)17-16(22)18-14/h6-9,14H,5H2,1-4H3,(H2,17,18,22). The molecule has 1 atom stereocenters. The Bertz CT molecular complexity index is 608. The number of nitrogens with one attached hydrogen (secondary N) is 2. The Morgan fingerprint density at radius 2 is 1.95 bits per heavy atom. The molecule has 2 rings (SSSR count). The van der Waals surface area contributed by atoms with Crippen molar-refractivity contribution in [3.05, 3.63) is 41.1 Å². The largest absolute Gasteiger partial charge is 0.494 e. The minimum Gasteiger partial charge on any atom is -0.494 e. The number of carbonyl (C=O) groups is 1. The zero-order valence-corrected chi connectivity index (χ0v) is 14.1. The van der Waals surface area contributed by atoms with Gasteiger partial charge in [0.05, 0.1) is 18.2 Å². The molecule has 118 valence electrons. The highest BCUT2D eigenvalue weighted by atomic mass is 32.1. The lowest BCUT2D eigenvalue weighted by Gasteiger charge is -2.31. The summed E-state index contributed by atoms with van der Waals surface area (Å²) in [5, 5.41) is 6.72. The van der Waals surface area contributed by atoms with Gasteiger partial charge < -0.3 is 20.3 Å². The van der Waals surface area contributed by atoms with Crippen molar-refractivity contribution < 1.29 is 9.53 Å². The van der Waals surface area contributed by atoms with Crippen molar-refractivity contribution in [2.45, 2.75) is 19.9 Å². The number of nitrogens with zero attached hydrogens (tertiary/aromatic N) is 1. The molecule has 2 N–H and O–H groups in total. The summed E-state index contributed by atoms with van der Waals surface area (Å²) < 4.78 is 5.46. The molecule has 0 saturated carbocycles. The second kappa shape index (κ2) is 6.79. The minimum atomic E-state index is -0.265. The van der Waals surface area contributed by atoms with Crippen LogP contribution in [0.1, 0.15) is 25.5 Å². The van der Waals surface area contributed by atoms with E-state index in [0.29, 0.717) is 17.3 Å². The normalized spacial score (nSPS) is 17.6. The van der Waals surface area contributed by atoms with Gasteiger partial charge in [0.15, 0.2) is 5.11 Å². The van der Waals surface area contributed by atoms with E-state index in [1.165, 1.54) is 0 Å². The van der Waals surface area contributed by atoms with Crippen LogP contribution in [0.5, 0.6) is 5.75 Å². The van der Waals surface area contributed by atoms with Crippen LogP contribution in [-0.2, 0) is 4.79 Å². The van der Waals surface area contributed by atoms with Crippen molar-refractivity contribution in [1.29, 1.82) is 0 Å². The highest BCUT2D eigenvalue weighted by Crippen LogP contribution is 2.28. The number of carbonyl (C=O) groups excluding carboxylic acids is 1. The molecule has 0 spiro atoms. The van der Waals surface area contributed by atoms with Crippen molar-refractivity contribution in [3.63, 3.8) is 0 Å². The predicted molar refractivity (Wildman–Crippen MR) is 90.6 cm³/mol. The van der Waals surface area contributed by atoms with Crippen molar-refractivity contribution in [1.82, 2.24) is 15.5 Å². The SMILES string of the molecule is CCOc1ccc(C2NC(=S)NC(C)=C2C(=O)N(C)C)cc1. The molecule has 0 fully saturated rings. The summed E-state index contributed by atoms with van der Waals surface area (Å²) in [5.74, 6) is 0.767. The molecule has 5 nitrogen and oxygen atoms in total. The molecule has 1 amide bonds. The third-order valence-electron chi connectivity index (χ3n) is 3.43. The molecule has 0 aromatic heterocycles. The topological polar surface area (TPSA) is 53.6 Å². The number of likely N-dealkylation sites (N-methyl/N-ethyl adjacent to an activating group) is 1. The van der Waals surface area contributed by atoms with E-state index in [2.05, 4.69) is 10.6 Å².